The van der Waals surface area contributed by atoms with Crippen molar-refractivity contribution in [3.05, 3.63) is 35.4 Å². The first-order chi connectivity index (χ1) is 5.47. The molecule has 0 radical (unpaired) electrons. The Labute approximate surface area is 74.4 Å². The van der Waals surface area contributed by atoms with Crippen LogP contribution in [0.5, 0.6) is 0 Å². The maximum atomic E-state index is 2.28. The molecule has 1 aromatic carbocycles. The normalized spacial score (nSPS) is 15.7. The molecule has 0 saturated heterocycles. The van der Waals surface area contributed by atoms with Crippen molar-refractivity contribution in [3.63, 3.8) is 0 Å². The van der Waals surface area contributed by atoms with Crippen LogP contribution in [-0.2, 0) is 12.8 Å². The van der Waals surface area contributed by atoms with Crippen molar-refractivity contribution in [1.29, 1.82) is 0 Å². The minimum atomic E-state index is 0. The number of fused-ring (bicyclic) bond motifs is 1. The van der Waals surface area contributed by atoms with Crippen molar-refractivity contribution < 1.29 is 0 Å². The van der Waals surface area contributed by atoms with E-state index in [9.17, 15) is 0 Å². The van der Waals surface area contributed by atoms with E-state index in [-0.39, 0.29) is 6.15 Å². The molecule has 0 amide bonds. The lowest BCUT2D eigenvalue weighted by atomic mass is 10.0. The Hall–Kier alpha value is -0.820. The van der Waals surface area contributed by atoms with Crippen molar-refractivity contribution in [2.75, 3.05) is 0 Å². The van der Waals surface area contributed by atoms with E-state index in [1.807, 2.05) is 0 Å². The van der Waals surface area contributed by atoms with Gasteiger partial charge in [0.25, 0.3) is 0 Å². The van der Waals surface area contributed by atoms with Crippen molar-refractivity contribution in [2.45, 2.75) is 32.1 Å². The fraction of sp³-hybridized carbons (Fsp3) is 0.455. The van der Waals surface area contributed by atoms with Crippen LogP contribution in [0.25, 0.3) is 0 Å². The summed E-state index contributed by atoms with van der Waals surface area (Å²) in [7, 11) is 0. The van der Waals surface area contributed by atoms with Crippen molar-refractivity contribution in [2.24, 2.45) is 0 Å². The van der Waals surface area contributed by atoms with Gasteiger partial charge in [0, 0.05) is 0 Å². The van der Waals surface area contributed by atoms with Crippen molar-refractivity contribution in [1.82, 2.24) is 6.15 Å². The van der Waals surface area contributed by atoms with E-state index in [1.54, 1.807) is 11.1 Å². The first-order valence-electron chi connectivity index (χ1n) is 4.53. The van der Waals surface area contributed by atoms with E-state index in [1.165, 1.54) is 32.1 Å². The molecule has 0 spiro atoms. The van der Waals surface area contributed by atoms with Gasteiger partial charge in [0.05, 0.1) is 0 Å². The topological polar surface area (TPSA) is 35.0 Å². The van der Waals surface area contributed by atoms with Gasteiger partial charge in [-0.25, -0.2) is 0 Å². The molecule has 0 aromatic heterocycles. The quantitative estimate of drug-likeness (QED) is 0.586. The number of rotatable bonds is 0. The van der Waals surface area contributed by atoms with E-state index in [0.29, 0.717) is 0 Å². The second-order valence-corrected chi connectivity index (χ2v) is 3.33. The average molecular weight is 163 g/mol. The summed E-state index contributed by atoms with van der Waals surface area (Å²) < 4.78 is 0. The van der Waals surface area contributed by atoms with Gasteiger partial charge in [0.15, 0.2) is 0 Å². The highest BCUT2D eigenvalue weighted by Crippen LogP contribution is 2.19. The number of aryl methyl sites for hydroxylation is 2. The fourth-order valence-electron chi connectivity index (χ4n) is 1.85. The van der Waals surface area contributed by atoms with Gasteiger partial charge in [-0.2, -0.15) is 0 Å². The van der Waals surface area contributed by atoms with E-state index >= 15 is 0 Å². The Bertz CT molecular complexity index is 218. The van der Waals surface area contributed by atoms with Crippen LogP contribution in [-0.4, -0.2) is 0 Å². The lowest BCUT2D eigenvalue weighted by molar-refractivity contribution is 0.711. The smallest absolute Gasteiger partial charge is 0.0276 e. The summed E-state index contributed by atoms with van der Waals surface area (Å²) in [6.07, 6.45) is 6.79. The highest BCUT2D eigenvalue weighted by molar-refractivity contribution is 5.27. The Kier molecular flexibility index (Phi) is 3.30. The van der Waals surface area contributed by atoms with Gasteiger partial charge in [-0.05, 0) is 36.8 Å². The lowest BCUT2D eigenvalue weighted by Crippen LogP contribution is -1.88. The Morgan fingerprint density at radius 3 is 1.75 bits per heavy atom. The third-order valence-corrected chi connectivity index (χ3v) is 2.51. The molecule has 1 aliphatic carbocycles. The molecule has 0 unspecified atom stereocenters. The van der Waals surface area contributed by atoms with Gasteiger partial charge in [-0.15, -0.1) is 0 Å². The summed E-state index contributed by atoms with van der Waals surface area (Å²) in [6, 6.07) is 8.87. The maximum Gasteiger partial charge on any atom is -0.0276 e. The summed E-state index contributed by atoms with van der Waals surface area (Å²) >= 11 is 0. The standard InChI is InChI=1S/C11H14.H3N/c1-2-6-10-8-4-5-9-11(10)7-3-1;/h4-5,8-9H,1-3,6-7H2;1H3. The predicted molar refractivity (Wildman–Crippen MR) is 52.7 cm³/mol. The highest BCUT2D eigenvalue weighted by Gasteiger charge is 2.05. The molecule has 12 heavy (non-hydrogen) atoms. The molecule has 66 valence electrons. The van der Waals surface area contributed by atoms with Gasteiger partial charge >= 0.3 is 0 Å². The monoisotopic (exact) mass is 163 g/mol. The molecule has 3 N–H and O–H groups in total. The van der Waals surface area contributed by atoms with E-state index in [0.717, 1.165) is 0 Å². The lowest BCUT2D eigenvalue weighted by Gasteiger charge is -2.02. The van der Waals surface area contributed by atoms with Crippen LogP contribution in [0.15, 0.2) is 24.3 Å². The van der Waals surface area contributed by atoms with Crippen molar-refractivity contribution in [3.8, 4) is 0 Å². The maximum absolute atomic E-state index is 2.28. The zero-order valence-electron chi connectivity index (χ0n) is 7.55. The summed E-state index contributed by atoms with van der Waals surface area (Å²) in [5, 5.41) is 0. The molecule has 1 heteroatoms. The molecule has 2 rings (SSSR count). The zero-order valence-corrected chi connectivity index (χ0v) is 7.55. The summed E-state index contributed by atoms with van der Waals surface area (Å²) in [6.45, 7) is 0. The van der Waals surface area contributed by atoms with Gasteiger partial charge in [0.1, 0.15) is 0 Å². The van der Waals surface area contributed by atoms with E-state index in [4.69, 9.17) is 0 Å². The molecule has 0 atom stereocenters. The first-order valence-corrected chi connectivity index (χ1v) is 4.53. The van der Waals surface area contributed by atoms with Crippen LogP contribution in [0.4, 0.5) is 0 Å². The fourth-order valence-corrected chi connectivity index (χ4v) is 1.85. The second kappa shape index (κ2) is 4.27. The van der Waals surface area contributed by atoms with Crippen LogP contribution in [0.1, 0.15) is 30.4 Å². The Balaban J connectivity index is 0.000000720. The van der Waals surface area contributed by atoms with Gasteiger partial charge in [0.2, 0.25) is 0 Å². The van der Waals surface area contributed by atoms with Gasteiger partial charge in [-0.3, -0.25) is 0 Å². The minimum absolute atomic E-state index is 0. The average Bonchev–Trinajstić information content (AvgIpc) is 2.28. The molecular weight excluding hydrogens is 146 g/mol. The second-order valence-electron chi connectivity index (χ2n) is 3.33. The summed E-state index contributed by atoms with van der Waals surface area (Å²) in [5.74, 6) is 0. The number of benzene rings is 1. The molecule has 1 nitrogen and oxygen atoms in total. The summed E-state index contributed by atoms with van der Waals surface area (Å²) in [5.41, 5.74) is 3.18. The molecule has 0 heterocycles. The van der Waals surface area contributed by atoms with E-state index in [2.05, 4.69) is 24.3 Å². The largest absolute Gasteiger partial charge is 0.344 e. The number of hydrogen-bond acceptors (Lipinski definition) is 1. The molecule has 0 saturated carbocycles. The Morgan fingerprint density at radius 1 is 0.750 bits per heavy atom. The van der Waals surface area contributed by atoms with E-state index < -0.39 is 0 Å². The number of hydrogen-bond donors (Lipinski definition) is 1. The molecular formula is C11H17N. The SMILES string of the molecule is N.c1ccc2c(c1)CCCCC2. The highest BCUT2D eigenvalue weighted by atomic mass is 14.1. The predicted octanol–water partition coefficient (Wildman–Crippen LogP) is 3.12. The van der Waals surface area contributed by atoms with Crippen LogP contribution < -0.4 is 6.15 Å². The molecule has 0 bridgehead atoms. The minimum Gasteiger partial charge on any atom is -0.344 e. The van der Waals surface area contributed by atoms with Gasteiger partial charge in [-0.1, -0.05) is 30.7 Å². The summed E-state index contributed by atoms with van der Waals surface area (Å²) in [4.78, 5) is 0. The van der Waals surface area contributed by atoms with Gasteiger partial charge < -0.3 is 6.15 Å². The molecule has 0 fully saturated rings. The third kappa shape index (κ3) is 1.86. The van der Waals surface area contributed by atoms with Crippen molar-refractivity contribution >= 4 is 0 Å². The van der Waals surface area contributed by atoms with Crippen LogP contribution in [0.3, 0.4) is 0 Å². The van der Waals surface area contributed by atoms with Crippen LogP contribution in [0.2, 0.25) is 0 Å². The zero-order chi connectivity index (χ0) is 7.52. The first kappa shape index (κ1) is 9.27. The Morgan fingerprint density at radius 2 is 1.25 bits per heavy atom. The van der Waals surface area contributed by atoms with Crippen LogP contribution in [0, 0.1) is 0 Å². The van der Waals surface area contributed by atoms with Crippen LogP contribution >= 0.6 is 0 Å². The molecule has 0 aliphatic heterocycles. The molecule has 1 aromatic rings. The third-order valence-electron chi connectivity index (χ3n) is 2.51. The molecule has 1 aliphatic rings.